The number of benzene rings is 2. The summed E-state index contributed by atoms with van der Waals surface area (Å²) in [7, 11) is 0. The first kappa shape index (κ1) is 21.0. The molecule has 1 aliphatic heterocycles. The van der Waals surface area contributed by atoms with Gasteiger partial charge in [0.25, 0.3) is 0 Å². The number of aliphatic carboxylic acids is 1. The summed E-state index contributed by atoms with van der Waals surface area (Å²) in [5.74, 6) is 0.375. The Labute approximate surface area is 163 Å². The van der Waals surface area contributed by atoms with E-state index in [0.29, 0.717) is 12.2 Å². The summed E-state index contributed by atoms with van der Waals surface area (Å²) < 4.78 is 5.73. The summed E-state index contributed by atoms with van der Waals surface area (Å²) in [6, 6.07) is 16.0. The van der Waals surface area contributed by atoms with Crippen LogP contribution in [-0.2, 0) is 20.8 Å². The van der Waals surface area contributed by atoms with Crippen LogP contribution in [0.25, 0.3) is 0 Å². The molecule has 28 heavy (non-hydrogen) atoms. The molecule has 148 valence electrons. The molecule has 3 N–H and O–H groups in total. The molecule has 1 aliphatic rings. The van der Waals surface area contributed by atoms with Crippen LogP contribution in [0.2, 0.25) is 0 Å². The quantitative estimate of drug-likeness (QED) is 0.770. The smallest absolute Gasteiger partial charge is 0.326 e. The number of primary amides is 1. The van der Waals surface area contributed by atoms with Crippen LogP contribution in [0.1, 0.15) is 25.3 Å². The first-order valence-corrected chi connectivity index (χ1v) is 8.97. The molecule has 0 spiro atoms. The van der Waals surface area contributed by atoms with Gasteiger partial charge >= 0.3 is 5.97 Å². The minimum absolute atomic E-state index is 0.0331. The van der Waals surface area contributed by atoms with Gasteiger partial charge in [0.15, 0.2) is 0 Å². The number of carboxylic acids is 1. The number of carbonyl (C=O) groups is 3. The fraction of sp³-hybridized carbons (Fsp3) is 0.286. The highest BCUT2D eigenvalue weighted by Gasteiger charge is 2.38. The van der Waals surface area contributed by atoms with Gasteiger partial charge in [0, 0.05) is 6.04 Å². The molecule has 0 aromatic heterocycles. The molecule has 1 fully saturated rings. The normalized spacial score (nSPS) is 18.0. The average molecular weight is 384 g/mol. The summed E-state index contributed by atoms with van der Waals surface area (Å²) in [5, 5.41) is 9.28. The zero-order valence-electron chi connectivity index (χ0n) is 15.7. The van der Waals surface area contributed by atoms with E-state index >= 15 is 0 Å². The number of likely N-dealkylation sites (tertiary alicyclic amines) is 1. The van der Waals surface area contributed by atoms with Gasteiger partial charge in [-0.25, -0.2) is 4.79 Å². The SMILES string of the molecule is CC1CCC(C(=O)O)N1C(=O)Cc1ccc(Oc2ccccc2)cc1.NC=O. The van der Waals surface area contributed by atoms with E-state index in [9.17, 15) is 14.7 Å². The van der Waals surface area contributed by atoms with Gasteiger partial charge < -0.3 is 20.5 Å². The molecule has 2 aromatic carbocycles. The largest absolute Gasteiger partial charge is 0.480 e. The molecule has 2 amide bonds. The van der Waals surface area contributed by atoms with Crippen molar-refractivity contribution in [3.05, 3.63) is 60.2 Å². The molecule has 1 saturated heterocycles. The minimum atomic E-state index is -0.927. The maximum Gasteiger partial charge on any atom is 0.326 e. The zero-order chi connectivity index (χ0) is 20.5. The lowest BCUT2D eigenvalue weighted by Crippen LogP contribution is -2.44. The summed E-state index contributed by atoms with van der Waals surface area (Å²) in [6.45, 7) is 1.90. The van der Waals surface area contributed by atoms with Crippen LogP contribution in [0, 0.1) is 0 Å². The van der Waals surface area contributed by atoms with Crippen molar-refractivity contribution in [2.45, 2.75) is 38.3 Å². The Morgan fingerprint density at radius 3 is 2.25 bits per heavy atom. The third-order valence-corrected chi connectivity index (χ3v) is 4.50. The molecule has 7 nitrogen and oxygen atoms in total. The lowest BCUT2D eigenvalue weighted by Gasteiger charge is -2.26. The Morgan fingerprint density at radius 1 is 1.11 bits per heavy atom. The third-order valence-electron chi connectivity index (χ3n) is 4.50. The average Bonchev–Trinajstić information content (AvgIpc) is 3.07. The molecule has 1 heterocycles. The van der Waals surface area contributed by atoms with Crippen molar-refractivity contribution in [2.75, 3.05) is 0 Å². The molecule has 2 unspecified atom stereocenters. The molecule has 0 bridgehead atoms. The molecule has 2 aromatic rings. The molecular formula is C21H24N2O5. The van der Waals surface area contributed by atoms with E-state index in [2.05, 4.69) is 5.73 Å². The lowest BCUT2D eigenvalue weighted by atomic mass is 10.1. The van der Waals surface area contributed by atoms with Crippen molar-refractivity contribution in [2.24, 2.45) is 5.73 Å². The number of para-hydroxylation sites is 1. The molecule has 0 saturated carbocycles. The van der Waals surface area contributed by atoms with Crippen LogP contribution in [-0.4, -0.2) is 40.4 Å². The topological polar surface area (TPSA) is 110 Å². The van der Waals surface area contributed by atoms with Crippen molar-refractivity contribution >= 4 is 18.3 Å². The van der Waals surface area contributed by atoms with E-state index in [1.807, 2.05) is 61.5 Å². The highest BCUT2D eigenvalue weighted by Crippen LogP contribution is 2.26. The lowest BCUT2D eigenvalue weighted by molar-refractivity contribution is -0.149. The second-order valence-corrected chi connectivity index (χ2v) is 6.45. The number of amides is 2. The maximum atomic E-state index is 12.5. The van der Waals surface area contributed by atoms with Gasteiger partial charge in [-0.2, -0.15) is 0 Å². The molecule has 3 rings (SSSR count). The van der Waals surface area contributed by atoms with Crippen molar-refractivity contribution in [3.63, 3.8) is 0 Å². The van der Waals surface area contributed by atoms with Gasteiger partial charge in [0.1, 0.15) is 17.5 Å². The monoisotopic (exact) mass is 384 g/mol. The number of nitrogens with zero attached hydrogens (tertiary/aromatic N) is 1. The molecular weight excluding hydrogens is 360 g/mol. The van der Waals surface area contributed by atoms with Crippen LogP contribution in [0.15, 0.2) is 54.6 Å². The first-order valence-electron chi connectivity index (χ1n) is 8.97. The Hall–Kier alpha value is -3.35. The van der Waals surface area contributed by atoms with Gasteiger partial charge in [-0.3, -0.25) is 9.59 Å². The van der Waals surface area contributed by atoms with E-state index in [4.69, 9.17) is 9.53 Å². The number of nitrogens with two attached hydrogens (primary N) is 1. The van der Waals surface area contributed by atoms with Crippen molar-refractivity contribution in [1.29, 1.82) is 0 Å². The molecule has 0 radical (unpaired) electrons. The molecule has 0 aliphatic carbocycles. The van der Waals surface area contributed by atoms with Gasteiger partial charge in [-0.15, -0.1) is 0 Å². The zero-order valence-corrected chi connectivity index (χ0v) is 15.7. The van der Waals surface area contributed by atoms with Crippen LogP contribution in [0.3, 0.4) is 0 Å². The Kier molecular flexibility index (Phi) is 7.56. The summed E-state index contributed by atoms with van der Waals surface area (Å²) in [6.07, 6.45) is 1.69. The number of carboxylic acid groups (broad SMARTS) is 1. The Bertz CT molecular complexity index is 792. The number of ether oxygens (including phenoxy) is 1. The predicted molar refractivity (Wildman–Crippen MR) is 104 cm³/mol. The van der Waals surface area contributed by atoms with Crippen LogP contribution in [0.4, 0.5) is 0 Å². The molecule has 7 heteroatoms. The highest BCUT2D eigenvalue weighted by molar-refractivity contribution is 5.86. The number of carbonyl (C=O) groups excluding carboxylic acids is 2. The fourth-order valence-corrected chi connectivity index (χ4v) is 3.21. The van der Waals surface area contributed by atoms with Crippen molar-refractivity contribution in [1.82, 2.24) is 4.90 Å². The molecule has 2 atom stereocenters. The third kappa shape index (κ3) is 5.57. The minimum Gasteiger partial charge on any atom is -0.480 e. The standard InChI is InChI=1S/C20H21NO4.CH3NO/c1-14-7-12-18(20(23)24)21(14)19(22)13-15-8-10-17(11-9-15)25-16-5-3-2-4-6-16;2-1-3/h2-6,8-11,14,18H,7,12-13H2,1H3,(H,23,24);1H,(H2,2,3). The van der Waals surface area contributed by atoms with Gasteiger partial charge in [-0.05, 0) is 49.6 Å². The number of rotatable bonds is 5. The van der Waals surface area contributed by atoms with E-state index in [1.54, 1.807) is 0 Å². The predicted octanol–water partition coefficient (Wildman–Crippen LogP) is 2.59. The van der Waals surface area contributed by atoms with E-state index in [0.717, 1.165) is 17.7 Å². The summed E-state index contributed by atoms with van der Waals surface area (Å²) in [5.41, 5.74) is 5.01. The Morgan fingerprint density at radius 2 is 1.68 bits per heavy atom. The number of hydrogen-bond acceptors (Lipinski definition) is 4. The van der Waals surface area contributed by atoms with Gasteiger partial charge in [0.2, 0.25) is 12.3 Å². The first-order chi connectivity index (χ1) is 13.5. The van der Waals surface area contributed by atoms with E-state index in [-0.39, 0.29) is 24.8 Å². The van der Waals surface area contributed by atoms with Crippen LogP contribution in [0.5, 0.6) is 11.5 Å². The number of hydrogen-bond donors (Lipinski definition) is 2. The second-order valence-electron chi connectivity index (χ2n) is 6.45. The summed E-state index contributed by atoms with van der Waals surface area (Å²) in [4.78, 5) is 34.0. The second kappa shape index (κ2) is 10.1. The van der Waals surface area contributed by atoms with Crippen molar-refractivity contribution in [3.8, 4) is 11.5 Å². The fourth-order valence-electron chi connectivity index (χ4n) is 3.21. The van der Waals surface area contributed by atoms with Gasteiger partial charge in [0.05, 0.1) is 6.42 Å². The highest BCUT2D eigenvalue weighted by atomic mass is 16.5. The van der Waals surface area contributed by atoms with E-state index in [1.165, 1.54) is 4.90 Å². The maximum absolute atomic E-state index is 12.5. The Balaban J connectivity index is 0.000000878. The summed E-state index contributed by atoms with van der Waals surface area (Å²) >= 11 is 0. The van der Waals surface area contributed by atoms with Crippen LogP contribution >= 0.6 is 0 Å². The van der Waals surface area contributed by atoms with Crippen molar-refractivity contribution < 1.29 is 24.2 Å². The van der Waals surface area contributed by atoms with Gasteiger partial charge in [-0.1, -0.05) is 30.3 Å². The van der Waals surface area contributed by atoms with Crippen LogP contribution < -0.4 is 10.5 Å². The van der Waals surface area contributed by atoms with E-state index < -0.39 is 12.0 Å².